The molecule has 0 unspecified atom stereocenters. The smallest absolute Gasteiger partial charge is 0.373 e. The highest BCUT2D eigenvalue weighted by Crippen LogP contribution is 2.35. The quantitative estimate of drug-likeness (QED) is 0.319. The van der Waals surface area contributed by atoms with Crippen LogP contribution in [0.1, 0.15) is 28.8 Å². The van der Waals surface area contributed by atoms with Crippen molar-refractivity contribution < 1.29 is 33.1 Å². The standard InChI is InChI=1S/C19H14Cl2N2O7/c1-9(24)29-16-12(20)5-10(6-13(16)21)7-14-17(25)23(19(27)22-14)8-11-3-4-15(30-11)18(26)28-2/h3-7H,8H2,1-2H3,(H,22,27). The first kappa shape index (κ1) is 21.4. The summed E-state index contributed by atoms with van der Waals surface area (Å²) in [5, 5.41) is 2.56. The molecule has 1 aromatic heterocycles. The number of rotatable bonds is 5. The summed E-state index contributed by atoms with van der Waals surface area (Å²) >= 11 is 12.2. The third-order valence-corrected chi connectivity index (χ3v) is 4.46. The van der Waals surface area contributed by atoms with Crippen molar-refractivity contribution in [1.29, 1.82) is 0 Å². The molecule has 2 heterocycles. The summed E-state index contributed by atoms with van der Waals surface area (Å²) in [7, 11) is 1.20. The molecule has 0 spiro atoms. The summed E-state index contributed by atoms with van der Waals surface area (Å²) in [6, 6.07) is 5.02. The molecule has 30 heavy (non-hydrogen) atoms. The molecule has 0 atom stereocenters. The van der Waals surface area contributed by atoms with Crippen molar-refractivity contribution in [2.75, 3.05) is 7.11 Å². The number of urea groups is 1. The van der Waals surface area contributed by atoms with Crippen LogP contribution >= 0.6 is 23.2 Å². The second-order valence-electron chi connectivity index (χ2n) is 6.04. The molecule has 1 aliphatic heterocycles. The number of imide groups is 1. The van der Waals surface area contributed by atoms with E-state index in [1.807, 2.05) is 0 Å². The summed E-state index contributed by atoms with van der Waals surface area (Å²) in [6.45, 7) is 1.02. The molecule has 1 saturated heterocycles. The number of nitrogens with one attached hydrogen (secondary N) is 1. The molecule has 0 aliphatic carbocycles. The minimum atomic E-state index is -0.676. The number of esters is 2. The van der Waals surface area contributed by atoms with E-state index in [1.54, 1.807) is 0 Å². The Kier molecular flexibility index (Phi) is 6.14. The normalized spacial score (nSPS) is 14.8. The van der Waals surface area contributed by atoms with Gasteiger partial charge in [0, 0.05) is 6.92 Å². The summed E-state index contributed by atoms with van der Waals surface area (Å²) < 4.78 is 14.8. The lowest BCUT2D eigenvalue weighted by atomic mass is 10.1. The zero-order valence-corrected chi connectivity index (χ0v) is 17.2. The highest BCUT2D eigenvalue weighted by atomic mass is 35.5. The zero-order valence-electron chi connectivity index (χ0n) is 15.7. The number of halogens is 2. The molecule has 3 rings (SSSR count). The minimum absolute atomic E-state index is 0.00405. The van der Waals surface area contributed by atoms with Crippen molar-refractivity contribution in [2.24, 2.45) is 0 Å². The van der Waals surface area contributed by atoms with Crippen LogP contribution in [0.5, 0.6) is 5.75 Å². The van der Waals surface area contributed by atoms with Gasteiger partial charge in [-0.1, -0.05) is 23.2 Å². The van der Waals surface area contributed by atoms with E-state index >= 15 is 0 Å². The molecule has 0 saturated carbocycles. The second-order valence-corrected chi connectivity index (χ2v) is 6.86. The van der Waals surface area contributed by atoms with E-state index in [-0.39, 0.29) is 39.6 Å². The lowest BCUT2D eigenvalue weighted by Gasteiger charge is -2.09. The van der Waals surface area contributed by atoms with Crippen molar-refractivity contribution in [1.82, 2.24) is 10.2 Å². The van der Waals surface area contributed by atoms with E-state index in [0.29, 0.717) is 5.56 Å². The van der Waals surface area contributed by atoms with Crippen molar-refractivity contribution in [3.05, 3.63) is 57.1 Å². The largest absolute Gasteiger partial charge is 0.463 e. The summed E-state index contributed by atoms with van der Waals surface area (Å²) in [5.74, 6) is -1.72. The van der Waals surface area contributed by atoms with Gasteiger partial charge >= 0.3 is 18.0 Å². The average Bonchev–Trinajstić information content (AvgIpc) is 3.25. The monoisotopic (exact) mass is 452 g/mol. The van der Waals surface area contributed by atoms with Gasteiger partial charge in [0.1, 0.15) is 11.5 Å². The van der Waals surface area contributed by atoms with Crippen LogP contribution in [0.4, 0.5) is 4.79 Å². The fourth-order valence-corrected chi connectivity index (χ4v) is 3.20. The molecular weight excluding hydrogens is 439 g/mol. The summed E-state index contributed by atoms with van der Waals surface area (Å²) in [5.41, 5.74) is 0.379. The molecule has 2 aromatic rings. The maximum Gasteiger partial charge on any atom is 0.373 e. The first-order valence-corrected chi connectivity index (χ1v) is 9.14. The second kappa shape index (κ2) is 8.60. The van der Waals surface area contributed by atoms with Gasteiger partial charge in [-0.15, -0.1) is 0 Å². The molecule has 1 N–H and O–H groups in total. The van der Waals surface area contributed by atoms with Gasteiger partial charge in [-0.2, -0.15) is 0 Å². The predicted molar refractivity (Wildman–Crippen MR) is 105 cm³/mol. The Morgan fingerprint density at radius 3 is 2.47 bits per heavy atom. The number of hydrogen-bond acceptors (Lipinski definition) is 7. The van der Waals surface area contributed by atoms with Crippen LogP contribution in [0.25, 0.3) is 6.08 Å². The van der Waals surface area contributed by atoms with Gasteiger partial charge in [0.25, 0.3) is 5.91 Å². The van der Waals surface area contributed by atoms with Gasteiger partial charge in [0.15, 0.2) is 5.75 Å². The highest BCUT2D eigenvalue weighted by Gasteiger charge is 2.34. The average molecular weight is 453 g/mol. The van der Waals surface area contributed by atoms with Crippen molar-refractivity contribution >= 4 is 53.2 Å². The number of furan rings is 1. The van der Waals surface area contributed by atoms with Crippen molar-refractivity contribution in [3.8, 4) is 5.75 Å². The predicted octanol–water partition coefficient (Wildman–Crippen LogP) is 3.39. The van der Waals surface area contributed by atoms with Gasteiger partial charge in [-0.05, 0) is 35.9 Å². The number of ether oxygens (including phenoxy) is 2. The van der Waals surface area contributed by atoms with Crippen LogP contribution in [0.2, 0.25) is 10.0 Å². The molecule has 9 nitrogen and oxygen atoms in total. The highest BCUT2D eigenvalue weighted by molar-refractivity contribution is 6.37. The van der Waals surface area contributed by atoms with E-state index in [9.17, 15) is 19.2 Å². The van der Waals surface area contributed by atoms with Crippen LogP contribution in [0, 0.1) is 0 Å². The van der Waals surface area contributed by atoms with E-state index in [4.69, 9.17) is 32.4 Å². The fourth-order valence-electron chi connectivity index (χ4n) is 2.61. The van der Waals surface area contributed by atoms with Crippen LogP contribution in [-0.4, -0.2) is 35.9 Å². The van der Waals surface area contributed by atoms with Gasteiger partial charge < -0.3 is 19.2 Å². The number of carbonyl (C=O) groups is 4. The van der Waals surface area contributed by atoms with Gasteiger partial charge in [0.2, 0.25) is 5.76 Å². The number of nitrogens with zero attached hydrogens (tertiary/aromatic N) is 1. The molecule has 1 aliphatic rings. The molecule has 156 valence electrons. The number of carbonyl (C=O) groups excluding carboxylic acids is 4. The molecule has 0 bridgehead atoms. The van der Waals surface area contributed by atoms with Crippen LogP contribution in [0.3, 0.4) is 0 Å². The Hall–Kier alpha value is -3.30. The summed E-state index contributed by atoms with van der Waals surface area (Å²) in [4.78, 5) is 48.3. The maximum absolute atomic E-state index is 12.6. The van der Waals surface area contributed by atoms with Crippen molar-refractivity contribution in [2.45, 2.75) is 13.5 Å². The lowest BCUT2D eigenvalue weighted by molar-refractivity contribution is -0.131. The van der Waals surface area contributed by atoms with E-state index in [0.717, 1.165) is 4.90 Å². The molecule has 0 radical (unpaired) electrons. The zero-order chi connectivity index (χ0) is 22.0. The maximum atomic E-state index is 12.6. The van der Waals surface area contributed by atoms with Gasteiger partial charge in [0.05, 0.1) is 23.7 Å². The Morgan fingerprint density at radius 2 is 1.87 bits per heavy atom. The van der Waals surface area contributed by atoms with Crippen molar-refractivity contribution in [3.63, 3.8) is 0 Å². The lowest BCUT2D eigenvalue weighted by Crippen LogP contribution is -2.30. The Balaban J connectivity index is 1.80. The molecule has 1 fully saturated rings. The first-order chi connectivity index (χ1) is 14.2. The molecule has 1 aromatic carbocycles. The number of amides is 3. The van der Waals surface area contributed by atoms with Gasteiger partial charge in [-0.3, -0.25) is 14.5 Å². The number of benzene rings is 1. The molecular formula is C19H14Cl2N2O7. The molecule has 3 amide bonds. The van der Waals surface area contributed by atoms with E-state index in [1.165, 1.54) is 44.4 Å². The van der Waals surface area contributed by atoms with Crippen LogP contribution in [-0.2, 0) is 20.9 Å². The summed E-state index contributed by atoms with van der Waals surface area (Å²) in [6.07, 6.45) is 1.37. The van der Waals surface area contributed by atoms with E-state index < -0.39 is 23.9 Å². The number of methoxy groups -OCH3 is 1. The Morgan fingerprint density at radius 1 is 1.20 bits per heavy atom. The minimum Gasteiger partial charge on any atom is -0.463 e. The first-order valence-electron chi connectivity index (χ1n) is 8.38. The topological polar surface area (TPSA) is 115 Å². The van der Waals surface area contributed by atoms with Crippen LogP contribution < -0.4 is 10.1 Å². The van der Waals surface area contributed by atoms with E-state index in [2.05, 4.69) is 10.1 Å². The van der Waals surface area contributed by atoms with Crippen LogP contribution in [0.15, 0.2) is 34.4 Å². The Labute approximate surface area is 180 Å². The third-order valence-electron chi connectivity index (χ3n) is 3.90. The number of hydrogen-bond donors (Lipinski definition) is 1. The third kappa shape index (κ3) is 4.47. The fraction of sp³-hybridized carbons (Fsp3) is 0.158. The molecule has 11 heteroatoms. The SMILES string of the molecule is COC(=O)c1ccc(CN2C(=O)NC(=Cc3cc(Cl)c(OC(C)=O)c(Cl)c3)C2=O)o1. The Bertz CT molecular complexity index is 1070. The van der Waals surface area contributed by atoms with Gasteiger partial charge in [-0.25, -0.2) is 9.59 Å².